The number of hydrazone groups is 1. The molecule has 128 valence electrons. The standard InChI is InChI=1S/C14H17BrN6O3/c1-2-3-4-5-24-13-7-10(12(21(22)23)6-9(13)15)19-20-11(8-16)14(17)18/h6-7,19H,2-5H2,1H3,(H3,17,18)/b20-11+. The Labute approximate surface area is 147 Å². The van der Waals surface area contributed by atoms with Gasteiger partial charge in [-0.25, -0.2) is 0 Å². The normalized spacial score (nSPS) is 10.8. The maximum Gasteiger partial charge on any atom is 0.295 e. The fourth-order valence-corrected chi connectivity index (χ4v) is 2.14. The minimum atomic E-state index is -0.594. The molecule has 0 bridgehead atoms. The van der Waals surface area contributed by atoms with Gasteiger partial charge in [0.2, 0.25) is 5.71 Å². The summed E-state index contributed by atoms with van der Waals surface area (Å²) in [5.41, 5.74) is 6.98. The number of anilines is 1. The van der Waals surface area contributed by atoms with Crippen LogP contribution in [0.4, 0.5) is 11.4 Å². The first-order valence-electron chi connectivity index (χ1n) is 7.09. The number of rotatable bonds is 9. The number of nitriles is 1. The molecule has 9 nitrogen and oxygen atoms in total. The average molecular weight is 397 g/mol. The molecule has 0 unspecified atom stereocenters. The van der Waals surface area contributed by atoms with E-state index in [1.54, 1.807) is 6.07 Å². The van der Waals surface area contributed by atoms with Crippen molar-refractivity contribution in [3.63, 3.8) is 0 Å². The second kappa shape index (κ2) is 9.46. The zero-order valence-corrected chi connectivity index (χ0v) is 14.6. The minimum Gasteiger partial charge on any atom is -0.492 e. The molecule has 0 atom stereocenters. The fourth-order valence-electron chi connectivity index (χ4n) is 1.69. The summed E-state index contributed by atoms with van der Waals surface area (Å²) in [4.78, 5) is 10.6. The molecule has 0 saturated heterocycles. The average Bonchev–Trinajstić information content (AvgIpc) is 2.53. The molecule has 1 rings (SSSR count). The highest BCUT2D eigenvalue weighted by Gasteiger charge is 2.18. The monoisotopic (exact) mass is 396 g/mol. The predicted octanol–water partition coefficient (Wildman–Crippen LogP) is 3.15. The number of nitrogens with one attached hydrogen (secondary N) is 2. The van der Waals surface area contributed by atoms with Crippen LogP contribution in [0.1, 0.15) is 26.2 Å². The van der Waals surface area contributed by atoms with Gasteiger partial charge in [-0.15, -0.1) is 0 Å². The summed E-state index contributed by atoms with van der Waals surface area (Å²) < 4.78 is 6.04. The number of nitro groups is 1. The first-order chi connectivity index (χ1) is 11.4. The highest BCUT2D eigenvalue weighted by Crippen LogP contribution is 2.36. The van der Waals surface area contributed by atoms with E-state index < -0.39 is 10.8 Å². The van der Waals surface area contributed by atoms with E-state index in [1.807, 2.05) is 0 Å². The molecule has 0 amide bonds. The maximum absolute atomic E-state index is 11.2. The van der Waals surface area contributed by atoms with Crippen LogP contribution in [-0.4, -0.2) is 23.1 Å². The van der Waals surface area contributed by atoms with E-state index in [-0.39, 0.29) is 17.1 Å². The number of halogens is 1. The summed E-state index contributed by atoms with van der Waals surface area (Å²) in [7, 11) is 0. The van der Waals surface area contributed by atoms with Crippen LogP contribution in [0.3, 0.4) is 0 Å². The predicted molar refractivity (Wildman–Crippen MR) is 94.4 cm³/mol. The molecule has 1 aromatic carbocycles. The lowest BCUT2D eigenvalue weighted by Crippen LogP contribution is -2.22. The Bertz CT molecular complexity index is 698. The Morgan fingerprint density at radius 1 is 1.58 bits per heavy atom. The third-order valence-corrected chi connectivity index (χ3v) is 3.52. The van der Waals surface area contributed by atoms with Crippen LogP contribution in [0.15, 0.2) is 21.7 Å². The van der Waals surface area contributed by atoms with Gasteiger partial charge in [0.15, 0.2) is 5.84 Å². The topological polar surface area (TPSA) is 150 Å². The molecule has 0 heterocycles. The molecule has 0 aliphatic rings. The minimum absolute atomic E-state index is 0.0303. The van der Waals surface area contributed by atoms with Crippen molar-refractivity contribution in [2.75, 3.05) is 12.0 Å². The molecule has 10 heteroatoms. The number of amidine groups is 1. The number of hydrogen-bond acceptors (Lipinski definition) is 7. The molecule has 0 saturated carbocycles. The molecule has 4 N–H and O–H groups in total. The van der Waals surface area contributed by atoms with Crippen LogP contribution >= 0.6 is 15.9 Å². The van der Waals surface area contributed by atoms with E-state index >= 15 is 0 Å². The van der Waals surface area contributed by atoms with E-state index in [2.05, 4.69) is 33.4 Å². The van der Waals surface area contributed by atoms with Crippen LogP contribution in [-0.2, 0) is 0 Å². The summed E-state index contributed by atoms with van der Waals surface area (Å²) in [5.74, 6) is -0.128. The Morgan fingerprint density at radius 3 is 2.83 bits per heavy atom. The smallest absolute Gasteiger partial charge is 0.295 e. The first-order valence-corrected chi connectivity index (χ1v) is 7.88. The van der Waals surface area contributed by atoms with Gasteiger partial charge in [-0.3, -0.25) is 20.9 Å². The molecular weight excluding hydrogens is 380 g/mol. The van der Waals surface area contributed by atoms with Crippen LogP contribution in [0.5, 0.6) is 5.75 Å². The lowest BCUT2D eigenvalue weighted by molar-refractivity contribution is -0.384. The third-order valence-electron chi connectivity index (χ3n) is 2.90. The Balaban J connectivity index is 3.09. The lowest BCUT2D eigenvalue weighted by atomic mass is 10.2. The lowest BCUT2D eigenvalue weighted by Gasteiger charge is -2.10. The summed E-state index contributed by atoms with van der Waals surface area (Å²) in [6.45, 7) is 2.55. The van der Waals surface area contributed by atoms with Crippen LogP contribution in [0.2, 0.25) is 0 Å². The van der Waals surface area contributed by atoms with Crippen LogP contribution in [0, 0.1) is 26.9 Å². The van der Waals surface area contributed by atoms with Crippen molar-refractivity contribution in [2.45, 2.75) is 26.2 Å². The van der Waals surface area contributed by atoms with Crippen molar-refractivity contribution in [3.05, 3.63) is 26.7 Å². The number of hydrogen-bond donors (Lipinski definition) is 3. The largest absolute Gasteiger partial charge is 0.492 e. The van der Waals surface area contributed by atoms with E-state index in [1.165, 1.54) is 12.1 Å². The van der Waals surface area contributed by atoms with Gasteiger partial charge in [0.25, 0.3) is 5.69 Å². The summed E-state index contributed by atoms with van der Waals surface area (Å²) >= 11 is 3.24. The van der Waals surface area contributed by atoms with Crippen molar-refractivity contribution in [3.8, 4) is 11.8 Å². The second-order valence-electron chi connectivity index (χ2n) is 4.71. The SMILES string of the molecule is CCCCCOc1cc(N/N=C(\C#N)C(=N)N)c([N+](=O)[O-])cc1Br. The van der Waals surface area contributed by atoms with Crippen molar-refractivity contribution >= 4 is 38.9 Å². The summed E-state index contributed by atoms with van der Waals surface area (Å²) in [5, 5.41) is 30.8. The van der Waals surface area contributed by atoms with E-state index in [0.29, 0.717) is 16.8 Å². The first kappa shape index (κ1) is 19.4. The van der Waals surface area contributed by atoms with Crippen molar-refractivity contribution < 1.29 is 9.66 Å². The molecule has 0 fully saturated rings. The number of ether oxygens (including phenoxy) is 1. The van der Waals surface area contributed by atoms with E-state index in [4.69, 9.17) is 21.1 Å². The number of nitro benzene ring substituents is 1. The summed E-state index contributed by atoms with van der Waals surface area (Å²) in [6, 6.07) is 4.32. The number of benzene rings is 1. The molecule has 1 aromatic rings. The molecule has 0 aromatic heterocycles. The van der Waals surface area contributed by atoms with E-state index in [0.717, 1.165) is 19.3 Å². The fraction of sp³-hybridized carbons (Fsp3) is 0.357. The highest BCUT2D eigenvalue weighted by atomic mass is 79.9. The van der Waals surface area contributed by atoms with Crippen LogP contribution in [0.25, 0.3) is 0 Å². The molecule has 0 spiro atoms. The number of nitrogens with two attached hydrogens (primary N) is 1. The zero-order chi connectivity index (χ0) is 18.1. The second-order valence-corrected chi connectivity index (χ2v) is 5.56. The van der Waals surface area contributed by atoms with E-state index in [9.17, 15) is 10.1 Å². The van der Waals surface area contributed by atoms with Crippen molar-refractivity contribution in [1.82, 2.24) is 0 Å². The molecule has 24 heavy (non-hydrogen) atoms. The van der Waals surface area contributed by atoms with Crippen molar-refractivity contribution in [2.24, 2.45) is 10.8 Å². The van der Waals surface area contributed by atoms with Crippen LogP contribution < -0.4 is 15.9 Å². The highest BCUT2D eigenvalue weighted by molar-refractivity contribution is 9.10. The molecular formula is C14H17BrN6O3. The maximum atomic E-state index is 11.2. The quantitative estimate of drug-likeness (QED) is 0.191. The van der Waals surface area contributed by atoms with Gasteiger partial charge < -0.3 is 10.5 Å². The number of unbranched alkanes of at least 4 members (excludes halogenated alkanes) is 2. The van der Waals surface area contributed by atoms with Gasteiger partial charge in [0.1, 0.15) is 17.5 Å². The van der Waals surface area contributed by atoms with Gasteiger partial charge in [0.05, 0.1) is 16.0 Å². The molecule has 0 aliphatic heterocycles. The van der Waals surface area contributed by atoms with Gasteiger partial charge in [-0.05, 0) is 22.4 Å². The van der Waals surface area contributed by atoms with Gasteiger partial charge in [0, 0.05) is 12.1 Å². The van der Waals surface area contributed by atoms with Gasteiger partial charge in [-0.2, -0.15) is 10.4 Å². The third kappa shape index (κ3) is 5.51. The van der Waals surface area contributed by atoms with Crippen molar-refractivity contribution in [1.29, 1.82) is 10.7 Å². The Morgan fingerprint density at radius 2 is 2.29 bits per heavy atom. The Hall–Kier alpha value is -2.67. The zero-order valence-electron chi connectivity index (χ0n) is 13.0. The molecule has 0 aliphatic carbocycles. The summed E-state index contributed by atoms with van der Waals surface area (Å²) in [6.07, 6.45) is 2.93. The van der Waals surface area contributed by atoms with Gasteiger partial charge in [-0.1, -0.05) is 19.8 Å². The number of nitrogens with zero attached hydrogens (tertiary/aromatic N) is 3. The molecule has 0 radical (unpaired) electrons. The Kier molecular flexibility index (Phi) is 7.64. The van der Waals surface area contributed by atoms with Gasteiger partial charge >= 0.3 is 0 Å².